The second-order valence-corrected chi connectivity index (χ2v) is 4.48. The third kappa shape index (κ3) is 2.60. The van der Waals surface area contributed by atoms with Crippen molar-refractivity contribution in [1.29, 1.82) is 0 Å². The minimum atomic E-state index is -0.541. The summed E-state index contributed by atoms with van der Waals surface area (Å²) in [5, 5.41) is 15.3. The molecule has 8 heteroatoms. The number of rotatable bonds is 3. The van der Waals surface area contributed by atoms with Crippen LogP contribution in [0.4, 0.5) is 5.82 Å². The maximum absolute atomic E-state index is 10.6. The van der Waals surface area contributed by atoms with Crippen LogP contribution in [0, 0.1) is 17.0 Å². The van der Waals surface area contributed by atoms with Crippen molar-refractivity contribution in [3.05, 3.63) is 49.9 Å². The molecule has 0 unspecified atom stereocenters. The number of nitrogens with zero attached hydrogens (tertiary/aromatic N) is 4. The van der Waals surface area contributed by atoms with Crippen LogP contribution in [-0.2, 0) is 6.54 Å². The number of hydrogen-bond donors (Lipinski definition) is 0. The topological polar surface area (TPSA) is 73.8 Å². The number of aryl methyl sites for hydroxylation is 1. The van der Waals surface area contributed by atoms with Crippen LogP contribution < -0.4 is 0 Å². The van der Waals surface area contributed by atoms with E-state index in [9.17, 15) is 10.1 Å². The van der Waals surface area contributed by atoms with Gasteiger partial charge in [0.15, 0.2) is 0 Å². The summed E-state index contributed by atoms with van der Waals surface area (Å²) in [6.07, 6.45) is 1.47. The molecular weight excluding hydrogens is 279 g/mol. The first-order valence-electron chi connectivity index (χ1n) is 4.96. The minimum absolute atomic E-state index is 0.197. The lowest BCUT2D eigenvalue weighted by Crippen LogP contribution is -2.06. The van der Waals surface area contributed by atoms with Gasteiger partial charge in [0, 0.05) is 6.20 Å². The highest BCUT2D eigenvalue weighted by atomic mass is 35.5. The van der Waals surface area contributed by atoms with Gasteiger partial charge in [0.25, 0.3) is 0 Å². The standard InChI is InChI=1S/C10H8Cl2N4O2/c1-6-2-10(16(17)18)14-15(6)5-9-8(12)3-7(11)4-13-9/h2-4H,5H2,1H3. The zero-order chi connectivity index (χ0) is 13.3. The quantitative estimate of drug-likeness (QED) is 0.642. The van der Waals surface area contributed by atoms with E-state index in [0.717, 1.165) is 0 Å². The molecule has 0 saturated heterocycles. The predicted molar refractivity (Wildman–Crippen MR) is 67.0 cm³/mol. The van der Waals surface area contributed by atoms with Crippen molar-refractivity contribution < 1.29 is 4.92 Å². The van der Waals surface area contributed by atoms with E-state index < -0.39 is 4.92 Å². The Morgan fingerprint density at radius 3 is 2.72 bits per heavy atom. The van der Waals surface area contributed by atoms with E-state index in [1.54, 1.807) is 13.0 Å². The molecule has 2 aromatic rings. The molecule has 0 radical (unpaired) electrons. The molecule has 0 N–H and O–H groups in total. The number of hydrogen-bond acceptors (Lipinski definition) is 4. The van der Waals surface area contributed by atoms with Crippen LogP contribution in [0.5, 0.6) is 0 Å². The second-order valence-electron chi connectivity index (χ2n) is 3.64. The van der Waals surface area contributed by atoms with Crippen molar-refractivity contribution in [1.82, 2.24) is 14.8 Å². The van der Waals surface area contributed by atoms with Gasteiger partial charge in [-0.05, 0) is 17.9 Å². The zero-order valence-corrected chi connectivity index (χ0v) is 10.8. The summed E-state index contributed by atoms with van der Waals surface area (Å²) in [5.41, 5.74) is 1.22. The van der Waals surface area contributed by atoms with Gasteiger partial charge in [-0.3, -0.25) is 4.98 Å². The maximum Gasteiger partial charge on any atom is 0.390 e. The lowest BCUT2D eigenvalue weighted by molar-refractivity contribution is -0.389. The molecule has 6 nitrogen and oxygen atoms in total. The Kier molecular flexibility index (Phi) is 3.49. The predicted octanol–water partition coefficient (Wildman–Crippen LogP) is 2.85. The Bertz CT molecular complexity index is 612. The highest BCUT2D eigenvalue weighted by molar-refractivity contribution is 6.34. The van der Waals surface area contributed by atoms with Gasteiger partial charge in [0.1, 0.15) is 6.54 Å². The average Bonchev–Trinajstić information content (AvgIpc) is 2.64. The Labute approximate surface area is 112 Å². The molecule has 0 saturated carbocycles. The molecule has 2 heterocycles. The highest BCUT2D eigenvalue weighted by Gasteiger charge is 2.16. The summed E-state index contributed by atoms with van der Waals surface area (Å²) >= 11 is 11.7. The van der Waals surface area contributed by atoms with Crippen LogP contribution in [0.15, 0.2) is 18.3 Å². The molecule has 0 spiro atoms. The van der Waals surface area contributed by atoms with Crippen LogP contribution in [-0.4, -0.2) is 19.7 Å². The van der Waals surface area contributed by atoms with E-state index in [0.29, 0.717) is 21.4 Å². The van der Waals surface area contributed by atoms with E-state index in [1.165, 1.54) is 16.9 Å². The summed E-state index contributed by atoms with van der Waals surface area (Å²) < 4.78 is 1.47. The van der Waals surface area contributed by atoms with E-state index in [1.807, 2.05) is 0 Å². The van der Waals surface area contributed by atoms with Crippen LogP contribution >= 0.6 is 23.2 Å². The zero-order valence-electron chi connectivity index (χ0n) is 9.30. The Morgan fingerprint density at radius 2 is 2.17 bits per heavy atom. The van der Waals surface area contributed by atoms with Gasteiger partial charge in [0.2, 0.25) is 0 Å². The van der Waals surface area contributed by atoms with Crippen LogP contribution in [0.1, 0.15) is 11.4 Å². The molecule has 0 atom stereocenters. The second kappa shape index (κ2) is 4.91. The number of nitro groups is 1. The summed E-state index contributed by atoms with van der Waals surface area (Å²) in [5.74, 6) is -0.197. The molecule has 0 fully saturated rings. The average molecular weight is 287 g/mol. The van der Waals surface area contributed by atoms with Crippen molar-refractivity contribution in [2.24, 2.45) is 0 Å². The van der Waals surface area contributed by atoms with Crippen molar-refractivity contribution in [2.75, 3.05) is 0 Å². The fourth-order valence-electron chi connectivity index (χ4n) is 1.44. The van der Waals surface area contributed by atoms with Crippen molar-refractivity contribution in [3.8, 4) is 0 Å². The first-order valence-corrected chi connectivity index (χ1v) is 5.71. The fourth-order valence-corrected chi connectivity index (χ4v) is 1.88. The van der Waals surface area contributed by atoms with Crippen LogP contribution in [0.25, 0.3) is 0 Å². The van der Waals surface area contributed by atoms with Gasteiger partial charge < -0.3 is 10.1 Å². The van der Waals surface area contributed by atoms with Crippen molar-refractivity contribution >= 4 is 29.0 Å². The van der Waals surface area contributed by atoms with E-state index in [2.05, 4.69) is 10.1 Å². The van der Waals surface area contributed by atoms with Gasteiger partial charge in [-0.1, -0.05) is 23.2 Å². The maximum atomic E-state index is 10.6. The van der Waals surface area contributed by atoms with Crippen LogP contribution in [0.2, 0.25) is 10.0 Å². The first-order chi connectivity index (χ1) is 8.47. The molecule has 0 bridgehead atoms. The summed E-state index contributed by atoms with van der Waals surface area (Å²) in [4.78, 5) is 14.1. The van der Waals surface area contributed by atoms with Gasteiger partial charge >= 0.3 is 5.82 Å². The molecule has 0 aliphatic carbocycles. The molecule has 0 aromatic carbocycles. The Balaban J connectivity index is 2.31. The van der Waals surface area contributed by atoms with E-state index in [-0.39, 0.29) is 12.4 Å². The smallest absolute Gasteiger partial charge is 0.358 e. The molecule has 94 valence electrons. The lowest BCUT2D eigenvalue weighted by atomic mass is 10.3. The van der Waals surface area contributed by atoms with Gasteiger partial charge in [-0.25, -0.2) is 0 Å². The Hall–Kier alpha value is -1.66. The fraction of sp³-hybridized carbons (Fsp3) is 0.200. The minimum Gasteiger partial charge on any atom is -0.358 e. The molecular formula is C10H8Cl2N4O2. The van der Waals surface area contributed by atoms with E-state index >= 15 is 0 Å². The monoisotopic (exact) mass is 286 g/mol. The highest BCUT2D eigenvalue weighted by Crippen LogP contribution is 2.20. The largest absolute Gasteiger partial charge is 0.390 e. The normalized spacial score (nSPS) is 10.6. The number of pyridine rings is 1. The third-order valence-electron chi connectivity index (χ3n) is 2.34. The molecule has 0 aliphatic rings. The lowest BCUT2D eigenvalue weighted by Gasteiger charge is -2.02. The van der Waals surface area contributed by atoms with Crippen LogP contribution in [0.3, 0.4) is 0 Å². The SMILES string of the molecule is Cc1cc([N+](=O)[O-])nn1Cc1ncc(Cl)cc1Cl. The van der Waals surface area contributed by atoms with E-state index in [4.69, 9.17) is 23.2 Å². The van der Waals surface area contributed by atoms with Gasteiger partial charge in [0.05, 0.1) is 32.6 Å². The molecule has 2 aromatic heterocycles. The van der Waals surface area contributed by atoms with Gasteiger partial charge in [-0.15, -0.1) is 0 Å². The number of aromatic nitrogens is 3. The molecule has 0 amide bonds. The molecule has 0 aliphatic heterocycles. The third-order valence-corrected chi connectivity index (χ3v) is 2.87. The first kappa shape index (κ1) is 12.8. The molecule has 18 heavy (non-hydrogen) atoms. The van der Waals surface area contributed by atoms with Crippen molar-refractivity contribution in [2.45, 2.75) is 13.5 Å². The summed E-state index contributed by atoms with van der Waals surface area (Å²) in [6.45, 7) is 1.99. The summed E-state index contributed by atoms with van der Waals surface area (Å²) in [6, 6.07) is 2.96. The Morgan fingerprint density at radius 1 is 1.44 bits per heavy atom. The van der Waals surface area contributed by atoms with Gasteiger partial charge in [-0.2, -0.15) is 4.68 Å². The number of halogens is 2. The summed E-state index contributed by atoms with van der Waals surface area (Å²) in [7, 11) is 0. The van der Waals surface area contributed by atoms with Crippen molar-refractivity contribution in [3.63, 3.8) is 0 Å². The molecule has 2 rings (SSSR count).